The van der Waals surface area contributed by atoms with Crippen molar-refractivity contribution in [2.45, 2.75) is 77.9 Å². The largest absolute Gasteiger partial charge is 0.349 e. The predicted octanol–water partition coefficient (Wildman–Crippen LogP) is 2.55. The van der Waals surface area contributed by atoms with Crippen LogP contribution in [-0.4, -0.2) is 27.8 Å². The Hall–Kier alpha value is -1.36. The number of carbonyl (C=O) groups is 1. The molecule has 5 nitrogen and oxygen atoms in total. The number of fused-ring (bicyclic) bond motifs is 2. The highest BCUT2D eigenvalue weighted by Gasteiger charge is 2.40. The average Bonchev–Trinajstić information content (AvgIpc) is 2.75. The van der Waals surface area contributed by atoms with Gasteiger partial charge in [0.15, 0.2) is 0 Å². The normalized spacial score (nSPS) is 30.3. The van der Waals surface area contributed by atoms with Crippen molar-refractivity contribution in [2.24, 2.45) is 17.6 Å². The Labute approximate surface area is 139 Å². The maximum absolute atomic E-state index is 12.9. The zero-order valence-corrected chi connectivity index (χ0v) is 14.6. The first-order chi connectivity index (χ1) is 11.0. The minimum atomic E-state index is 0.0553. The summed E-state index contributed by atoms with van der Waals surface area (Å²) >= 11 is 0. The lowest BCUT2D eigenvalue weighted by Crippen LogP contribution is -2.53. The number of amides is 1. The van der Waals surface area contributed by atoms with Gasteiger partial charge in [0, 0.05) is 24.3 Å². The molecule has 2 fully saturated rings. The van der Waals surface area contributed by atoms with Crippen LogP contribution >= 0.6 is 0 Å². The fourth-order valence-corrected chi connectivity index (χ4v) is 4.70. The molecule has 0 radical (unpaired) electrons. The molecule has 2 saturated carbocycles. The molecule has 1 heterocycles. The summed E-state index contributed by atoms with van der Waals surface area (Å²) < 4.78 is 1.96. The van der Waals surface area contributed by atoms with Crippen molar-refractivity contribution in [1.29, 1.82) is 0 Å². The third kappa shape index (κ3) is 3.16. The molecule has 2 aliphatic rings. The van der Waals surface area contributed by atoms with Crippen molar-refractivity contribution in [3.63, 3.8) is 0 Å². The maximum Gasteiger partial charge on any atom is 0.255 e. The van der Waals surface area contributed by atoms with Crippen molar-refractivity contribution in [2.75, 3.05) is 0 Å². The van der Waals surface area contributed by atoms with Gasteiger partial charge in [0.1, 0.15) is 0 Å². The maximum atomic E-state index is 12.9. The van der Waals surface area contributed by atoms with E-state index in [0.29, 0.717) is 23.9 Å². The van der Waals surface area contributed by atoms with Crippen LogP contribution in [0.3, 0.4) is 0 Å². The van der Waals surface area contributed by atoms with E-state index in [1.807, 2.05) is 18.5 Å². The molecule has 0 saturated heterocycles. The van der Waals surface area contributed by atoms with Crippen LogP contribution in [-0.2, 0) is 6.54 Å². The van der Waals surface area contributed by atoms with Crippen LogP contribution in [0.2, 0.25) is 0 Å². The zero-order valence-electron chi connectivity index (χ0n) is 14.6. The lowest BCUT2D eigenvalue weighted by Gasteiger charge is -2.45. The van der Waals surface area contributed by atoms with Crippen LogP contribution < -0.4 is 11.1 Å². The van der Waals surface area contributed by atoms with Crippen LogP contribution in [0.5, 0.6) is 0 Å². The van der Waals surface area contributed by atoms with E-state index in [0.717, 1.165) is 42.8 Å². The first-order valence-corrected chi connectivity index (χ1v) is 9.11. The van der Waals surface area contributed by atoms with E-state index < -0.39 is 0 Å². The summed E-state index contributed by atoms with van der Waals surface area (Å²) in [6.45, 7) is 6.93. The summed E-state index contributed by atoms with van der Waals surface area (Å²) in [5, 5.41) is 7.88. The van der Waals surface area contributed by atoms with Gasteiger partial charge in [-0.3, -0.25) is 9.48 Å². The minimum Gasteiger partial charge on any atom is -0.349 e. The second-order valence-corrected chi connectivity index (χ2v) is 7.45. The molecular weight excluding hydrogens is 288 g/mol. The van der Waals surface area contributed by atoms with Crippen molar-refractivity contribution in [3.8, 4) is 0 Å². The van der Waals surface area contributed by atoms with E-state index in [-0.39, 0.29) is 5.91 Å². The molecule has 5 heteroatoms. The Morgan fingerprint density at radius 2 is 1.96 bits per heavy atom. The van der Waals surface area contributed by atoms with Gasteiger partial charge in [0.05, 0.1) is 11.3 Å². The number of nitrogens with zero attached hydrogens (tertiary/aromatic N) is 2. The third-order valence-electron chi connectivity index (χ3n) is 5.72. The molecule has 3 rings (SSSR count). The monoisotopic (exact) mass is 318 g/mol. The standard InChI is InChI=1S/C18H30N4O/c1-4-8-22-12(3)16(11(2)21-22)18(23)20-17-13-6-5-7-14(17)10-15(19)9-13/h13-15,17H,4-10,19H2,1-3H3,(H,20,23). The average molecular weight is 318 g/mol. The predicted molar refractivity (Wildman–Crippen MR) is 91.3 cm³/mol. The molecule has 1 aromatic heterocycles. The summed E-state index contributed by atoms with van der Waals surface area (Å²) in [5.41, 5.74) is 8.78. The Morgan fingerprint density at radius 1 is 1.30 bits per heavy atom. The molecule has 0 spiro atoms. The zero-order chi connectivity index (χ0) is 16.6. The first kappa shape index (κ1) is 16.5. The first-order valence-electron chi connectivity index (χ1n) is 9.11. The third-order valence-corrected chi connectivity index (χ3v) is 5.72. The summed E-state index contributed by atoms with van der Waals surface area (Å²) in [4.78, 5) is 12.9. The Kier molecular flexibility index (Phi) is 4.76. The highest BCUT2D eigenvalue weighted by atomic mass is 16.1. The number of hydrogen-bond acceptors (Lipinski definition) is 3. The van der Waals surface area contributed by atoms with Crippen LogP contribution in [0.4, 0.5) is 0 Å². The van der Waals surface area contributed by atoms with Gasteiger partial charge in [-0.2, -0.15) is 5.10 Å². The molecule has 1 amide bonds. The second-order valence-electron chi connectivity index (χ2n) is 7.45. The van der Waals surface area contributed by atoms with Gasteiger partial charge >= 0.3 is 0 Å². The minimum absolute atomic E-state index is 0.0553. The smallest absolute Gasteiger partial charge is 0.255 e. The Bertz CT molecular complexity index is 566. The van der Waals surface area contributed by atoms with Gasteiger partial charge in [0.25, 0.3) is 5.91 Å². The molecule has 0 aliphatic heterocycles. The van der Waals surface area contributed by atoms with Crippen molar-refractivity contribution in [1.82, 2.24) is 15.1 Å². The molecule has 2 atom stereocenters. The lowest BCUT2D eigenvalue weighted by atomic mass is 9.67. The number of carbonyl (C=O) groups excluding carboxylic acids is 1. The quantitative estimate of drug-likeness (QED) is 0.896. The van der Waals surface area contributed by atoms with Crippen molar-refractivity contribution >= 4 is 5.91 Å². The van der Waals surface area contributed by atoms with Crippen molar-refractivity contribution < 1.29 is 4.79 Å². The molecule has 2 unspecified atom stereocenters. The van der Waals surface area contributed by atoms with Crippen LogP contribution in [0, 0.1) is 25.7 Å². The summed E-state index contributed by atoms with van der Waals surface area (Å²) in [5.74, 6) is 1.15. The number of hydrogen-bond donors (Lipinski definition) is 2. The summed E-state index contributed by atoms with van der Waals surface area (Å²) in [7, 11) is 0. The van der Waals surface area contributed by atoms with Crippen LogP contribution in [0.25, 0.3) is 0 Å². The van der Waals surface area contributed by atoms with E-state index in [1.54, 1.807) is 0 Å². The summed E-state index contributed by atoms with van der Waals surface area (Å²) in [6, 6.07) is 0.610. The SMILES string of the molecule is CCCn1nc(C)c(C(=O)NC2C3CCCC2CC(N)C3)c1C. The van der Waals surface area contributed by atoms with Gasteiger partial charge < -0.3 is 11.1 Å². The topological polar surface area (TPSA) is 72.9 Å². The number of nitrogens with one attached hydrogen (secondary N) is 1. The number of aryl methyl sites for hydroxylation is 2. The molecule has 23 heavy (non-hydrogen) atoms. The summed E-state index contributed by atoms with van der Waals surface area (Å²) in [6.07, 6.45) is 6.79. The molecule has 2 aliphatic carbocycles. The molecular formula is C18H30N4O. The van der Waals surface area contributed by atoms with E-state index in [9.17, 15) is 4.79 Å². The van der Waals surface area contributed by atoms with Crippen LogP contribution in [0.1, 0.15) is 67.2 Å². The molecule has 0 aromatic carbocycles. The van der Waals surface area contributed by atoms with Gasteiger partial charge in [-0.05, 0) is 57.8 Å². The van der Waals surface area contributed by atoms with Gasteiger partial charge in [0.2, 0.25) is 0 Å². The van der Waals surface area contributed by atoms with Gasteiger partial charge in [-0.15, -0.1) is 0 Å². The molecule has 1 aromatic rings. The van der Waals surface area contributed by atoms with E-state index in [1.165, 1.54) is 19.3 Å². The lowest BCUT2D eigenvalue weighted by molar-refractivity contribution is 0.0755. The Morgan fingerprint density at radius 3 is 2.57 bits per heavy atom. The number of aromatic nitrogens is 2. The van der Waals surface area contributed by atoms with Gasteiger partial charge in [-0.25, -0.2) is 0 Å². The molecule has 3 N–H and O–H groups in total. The van der Waals surface area contributed by atoms with Crippen LogP contribution in [0.15, 0.2) is 0 Å². The van der Waals surface area contributed by atoms with Crippen molar-refractivity contribution in [3.05, 3.63) is 17.0 Å². The Balaban J connectivity index is 1.77. The number of nitrogens with two attached hydrogens (primary N) is 1. The second kappa shape index (κ2) is 6.63. The van der Waals surface area contributed by atoms with E-state index in [4.69, 9.17) is 5.73 Å². The fraction of sp³-hybridized carbons (Fsp3) is 0.778. The number of rotatable bonds is 4. The van der Waals surface area contributed by atoms with E-state index in [2.05, 4.69) is 17.3 Å². The molecule has 2 bridgehead atoms. The van der Waals surface area contributed by atoms with Gasteiger partial charge in [-0.1, -0.05) is 13.3 Å². The molecule has 128 valence electrons. The fourth-order valence-electron chi connectivity index (χ4n) is 4.70. The highest BCUT2D eigenvalue weighted by molar-refractivity contribution is 5.96. The highest BCUT2D eigenvalue weighted by Crippen LogP contribution is 2.39. The van der Waals surface area contributed by atoms with E-state index >= 15 is 0 Å².